The van der Waals surface area contributed by atoms with Crippen LogP contribution < -0.4 is 0 Å². The molecule has 0 spiro atoms. The number of hydrogen-bond acceptors (Lipinski definition) is 3. The number of imidazole rings is 1. The van der Waals surface area contributed by atoms with Gasteiger partial charge >= 0.3 is 0 Å². The van der Waals surface area contributed by atoms with Gasteiger partial charge in [0, 0.05) is 6.20 Å². The van der Waals surface area contributed by atoms with E-state index >= 15 is 0 Å². The standard InChI is InChI=1S/C28H27N3O/c1-21(32-19-22-9-3-2-4-10-22)27(31-20-30-26-15-8-18-29-28(26)31)17-16-24-13-7-12-23-11-5-6-14-25(23)24/h2-15,18,20-21,27H,16-17,19H2,1H3. The van der Waals surface area contributed by atoms with Crippen molar-refractivity contribution in [2.75, 3.05) is 0 Å². The number of fused-ring (bicyclic) bond motifs is 2. The van der Waals surface area contributed by atoms with Crippen molar-refractivity contribution in [1.29, 1.82) is 0 Å². The smallest absolute Gasteiger partial charge is 0.160 e. The molecular formula is C28H27N3O. The highest BCUT2D eigenvalue weighted by molar-refractivity contribution is 5.85. The Kier molecular flexibility index (Phi) is 5.95. The lowest BCUT2D eigenvalue weighted by Gasteiger charge is -2.26. The van der Waals surface area contributed by atoms with E-state index in [0.717, 1.165) is 24.0 Å². The van der Waals surface area contributed by atoms with Gasteiger partial charge in [0.15, 0.2) is 5.65 Å². The molecule has 0 amide bonds. The van der Waals surface area contributed by atoms with E-state index in [0.29, 0.717) is 6.61 Å². The van der Waals surface area contributed by atoms with Crippen LogP contribution in [0.15, 0.2) is 97.5 Å². The zero-order chi connectivity index (χ0) is 21.8. The largest absolute Gasteiger partial charge is 0.372 e. The molecule has 2 atom stereocenters. The van der Waals surface area contributed by atoms with E-state index in [2.05, 4.69) is 88.2 Å². The topological polar surface area (TPSA) is 39.9 Å². The highest BCUT2D eigenvalue weighted by atomic mass is 16.5. The fourth-order valence-electron chi connectivity index (χ4n) is 4.44. The molecule has 5 aromatic rings. The van der Waals surface area contributed by atoms with Crippen LogP contribution in [-0.2, 0) is 17.8 Å². The lowest BCUT2D eigenvalue weighted by molar-refractivity contribution is 0.0158. The molecule has 0 aliphatic rings. The second kappa shape index (κ2) is 9.33. The van der Waals surface area contributed by atoms with Gasteiger partial charge in [0.05, 0.1) is 25.1 Å². The molecule has 2 aromatic heterocycles. The van der Waals surface area contributed by atoms with Crippen LogP contribution in [0.4, 0.5) is 0 Å². The Balaban J connectivity index is 1.42. The summed E-state index contributed by atoms with van der Waals surface area (Å²) in [5.41, 5.74) is 4.37. The maximum Gasteiger partial charge on any atom is 0.160 e. The molecule has 0 N–H and O–H groups in total. The predicted molar refractivity (Wildman–Crippen MR) is 130 cm³/mol. The summed E-state index contributed by atoms with van der Waals surface area (Å²) in [6.07, 6.45) is 5.64. The third kappa shape index (κ3) is 4.27. The van der Waals surface area contributed by atoms with Crippen molar-refractivity contribution in [2.45, 2.75) is 38.5 Å². The molecule has 0 aliphatic heterocycles. The molecule has 4 nitrogen and oxygen atoms in total. The van der Waals surface area contributed by atoms with Gasteiger partial charge in [0.1, 0.15) is 5.52 Å². The Morgan fingerprint density at radius 1 is 0.844 bits per heavy atom. The molecule has 32 heavy (non-hydrogen) atoms. The molecule has 0 bridgehead atoms. The lowest BCUT2D eigenvalue weighted by Crippen LogP contribution is -2.25. The number of rotatable bonds is 8. The molecule has 3 aromatic carbocycles. The van der Waals surface area contributed by atoms with Crippen molar-refractivity contribution in [3.05, 3.63) is 109 Å². The minimum Gasteiger partial charge on any atom is -0.372 e. The fraction of sp³-hybridized carbons (Fsp3) is 0.214. The Morgan fingerprint density at radius 3 is 2.56 bits per heavy atom. The normalized spacial score (nSPS) is 13.4. The number of aromatic nitrogens is 3. The second-order valence-corrected chi connectivity index (χ2v) is 8.24. The Labute approximate surface area is 188 Å². The van der Waals surface area contributed by atoms with E-state index in [1.54, 1.807) is 0 Å². The van der Waals surface area contributed by atoms with Crippen LogP contribution in [0.3, 0.4) is 0 Å². The Bertz CT molecular complexity index is 1310. The predicted octanol–water partition coefficient (Wildman–Crippen LogP) is 6.36. The average Bonchev–Trinajstić information content (AvgIpc) is 3.27. The maximum atomic E-state index is 6.36. The van der Waals surface area contributed by atoms with Crippen molar-refractivity contribution in [2.24, 2.45) is 0 Å². The summed E-state index contributed by atoms with van der Waals surface area (Å²) in [5.74, 6) is 0. The quantitative estimate of drug-likeness (QED) is 0.292. The number of aryl methyl sites for hydroxylation is 1. The van der Waals surface area contributed by atoms with Gasteiger partial charge in [-0.05, 0) is 53.8 Å². The van der Waals surface area contributed by atoms with Crippen molar-refractivity contribution < 1.29 is 4.74 Å². The third-order valence-electron chi connectivity index (χ3n) is 6.18. The molecule has 0 radical (unpaired) electrons. The first-order valence-corrected chi connectivity index (χ1v) is 11.2. The molecule has 2 heterocycles. The van der Waals surface area contributed by atoms with Crippen LogP contribution in [0, 0.1) is 0 Å². The van der Waals surface area contributed by atoms with Gasteiger partial charge in [-0.25, -0.2) is 9.97 Å². The summed E-state index contributed by atoms with van der Waals surface area (Å²) in [7, 11) is 0. The minimum absolute atomic E-state index is 0.00425. The van der Waals surface area contributed by atoms with Gasteiger partial charge in [-0.1, -0.05) is 72.8 Å². The second-order valence-electron chi connectivity index (χ2n) is 8.24. The van der Waals surface area contributed by atoms with Crippen LogP contribution in [-0.4, -0.2) is 20.6 Å². The third-order valence-corrected chi connectivity index (χ3v) is 6.18. The number of nitrogens with zero attached hydrogens (tertiary/aromatic N) is 3. The molecule has 0 saturated carbocycles. The molecular weight excluding hydrogens is 394 g/mol. The van der Waals surface area contributed by atoms with Crippen LogP contribution >= 0.6 is 0 Å². The molecule has 5 rings (SSSR count). The summed E-state index contributed by atoms with van der Waals surface area (Å²) >= 11 is 0. The van der Waals surface area contributed by atoms with E-state index in [9.17, 15) is 0 Å². The molecule has 160 valence electrons. The van der Waals surface area contributed by atoms with Crippen molar-refractivity contribution >= 4 is 21.9 Å². The number of hydrogen-bond donors (Lipinski definition) is 0. The van der Waals surface area contributed by atoms with Crippen molar-refractivity contribution in [3.63, 3.8) is 0 Å². The highest BCUT2D eigenvalue weighted by Crippen LogP contribution is 2.28. The maximum absolute atomic E-state index is 6.36. The van der Waals surface area contributed by atoms with Crippen LogP contribution in [0.25, 0.3) is 21.9 Å². The van der Waals surface area contributed by atoms with Crippen LogP contribution in [0.1, 0.15) is 30.5 Å². The van der Waals surface area contributed by atoms with Gasteiger partial charge in [-0.15, -0.1) is 0 Å². The van der Waals surface area contributed by atoms with Crippen LogP contribution in [0.2, 0.25) is 0 Å². The van der Waals surface area contributed by atoms with E-state index in [1.807, 2.05) is 30.7 Å². The number of pyridine rings is 1. The monoisotopic (exact) mass is 421 g/mol. The zero-order valence-electron chi connectivity index (χ0n) is 18.3. The summed E-state index contributed by atoms with van der Waals surface area (Å²) < 4.78 is 8.55. The van der Waals surface area contributed by atoms with Gasteiger partial charge in [0.25, 0.3) is 0 Å². The Morgan fingerprint density at radius 2 is 1.66 bits per heavy atom. The summed E-state index contributed by atoms with van der Waals surface area (Å²) in [5, 5.41) is 2.60. The van der Waals surface area contributed by atoms with Gasteiger partial charge in [0.2, 0.25) is 0 Å². The van der Waals surface area contributed by atoms with Gasteiger partial charge < -0.3 is 9.30 Å². The molecule has 0 saturated heterocycles. The zero-order valence-corrected chi connectivity index (χ0v) is 18.3. The molecule has 4 heteroatoms. The highest BCUT2D eigenvalue weighted by Gasteiger charge is 2.23. The first-order chi connectivity index (χ1) is 15.8. The van der Waals surface area contributed by atoms with E-state index in [-0.39, 0.29) is 12.1 Å². The molecule has 0 aliphatic carbocycles. The van der Waals surface area contributed by atoms with Gasteiger partial charge in [-0.3, -0.25) is 0 Å². The van der Waals surface area contributed by atoms with Crippen molar-refractivity contribution in [3.8, 4) is 0 Å². The van der Waals surface area contributed by atoms with E-state index in [4.69, 9.17) is 4.74 Å². The summed E-state index contributed by atoms with van der Waals surface area (Å²) in [6, 6.07) is 29.6. The number of ether oxygens (including phenoxy) is 1. The summed E-state index contributed by atoms with van der Waals surface area (Å²) in [4.78, 5) is 9.20. The first-order valence-electron chi connectivity index (χ1n) is 11.2. The lowest BCUT2D eigenvalue weighted by atomic mass is 9.97. The molecule has 0 fully saturated rings. The van der Waals surface area contributed by atoms with E-state index < -0.39 is 0 Å². The van der Waals surface area contributed by atoms with Crippen LogP contribution in [0.5, 0.6) is 0 Å². The first kappa shape index (κ1) is 20.4. The summed E-state index contributed by atoms with van der Waals surface area (Å²) in [6.45, 7) is 2.75. The fourth-order valence-corrected chi connectivity index (χ4v) is 4.44. The average molecular weight is 422 g/mol. The van der Waals surface area contributed by atoms with Gasteiger partial charge in [-0.2, -0.15) is 0 Å². The SMILES string of the molecule is CC(OCc1ccccc1)C(CCc1cccc2ccccc12)n1cnc2cccnc21. The number of benzene rings is 3. The van der Waals surface area contributed by atoms with Crippen molar-refractivity contribution in [1.82, 2.24) is 14.5 Å². The molecule has 2 unspecified atom stereocenters. The minimum atomic E-state index is 0.00425. The Hall–Kier alpha value is -3.50. The van der Waals surface area contributed by atoms with E-state index in [1.165, 1.54) is 21.9 Å².